The Morgan fingerprint density at radius 2 is 1.75 bits per heavy atom. The summed E-state index contributed by atoms with van der Waals surface area (Å²) >= 11 is 3.37. The minimum atomic E-state index is -2.88. The molecule has 5 aromatic rings. The minimum absolute atomic E-state index is 0.0224. The van der Waals surface area contributed by atoms with E-state index in [0.717, 1.165) is 20.6 Å². The SMILES string of the molecule is COC(=O)[C@H](Cc1ccc2ccccc2c1)NC(=O)c1ccc(Cl)cc1N(c1cccc2nccnc12)S(=O)[O-]. The molecule has 4 aromatic carbocycles. The number of para-hydroxylation sites is 1. The second-order valence-electron chi connectivity index (χ2n) is 8.81. The Morgan fingerprint density at radius 3 is 2.52 bits per heavy atom. The molecule has 0 aliphatic heterocycles. The summed E-state index contributed by atoms with van der Waals surface area (Å²) < 4.78 is 31.1. The highest BCUT2D eigenvalue weighted by Gasteiger charge is 2.27. The van der Waals surface area contributed by atoms with Crippen molar-refractivity contribution < 1.29 is 23.1 Å². The van der Waals surface area contributed by atoms with E-state index in [4.69, 9.17) is 16.3 Å². The first kappa shape index (κ1) is 27.2. The number of halogens is 1. The first-order valence-corrected chi connectivity index (χ1v) is 13.5. The van der Waals surface area contributed by atoms with Crippen LogP contribution in [0.15, 0.2) is 91.3 Å². The maximum Gasteiger partial charge on any atom is 0.328 e. The summed E-state index contributed by atoms with van der Waals surface area (Å²) in [5.41, 5.74) is 1.71. The van der Waals surface area contributed by atoms with Gasteiger partial charge in [0.25, 0.3) is 5.91 Å². The number of fused-ring (bicyclic) bond motifs is 2. The number of hydrogen-bond donors (Lipinski definition) is 1. The van der Waals surface area contributed by atoms with Gasteiger partial charge in [0.15, 0.2) is 0 Å². The average molecular weight is 574 g/mol. The molecular formula is C29H22ClN4O5S-. The van der Waals surface area contributed by atoms with Crippen molar-refractivity contribution >= 4 is 67.9 Å². The third kappa shape index (κ3) is 5.64. The highest BCUT2D eigenvalue weighted by Crippen LogP contribution is 2.35. The molecule has 1 N–H and O–H groups in total. The number of aromatic nitrogens is 2. The predicted molar refractivity (Wildman–Crippen MR) is 153 cm³/mol. The molecule has 1 aromatic heterocycles. The fourth-order valence-corrected chi connectivity index (χ4v) is 5.26. The number of carbonyl (C=O) groups is 2. The lowest BCUT2D eigenvalue weighted by atomic mass is 10.0. The maximum atomic E-state index is 13.6. The van der Waals surface area contributed by atoms with Gasteiger partial charge < -0.3 is 14.6 Å². The van der Waals surface area contributed by atoms with Crippen LogP contribution in [0.5, 0.6) is 0 Å². The van der Waals surface area contributed by atoms with Crippen LogP contribution in [0, 0.1) is 0 Å². The predicted octanol–water partition coefficient (Wildman–Crippen LogP) is 4.88. The van der Waals surface area contributed by atoms with Crippen LogP contribution in [-0.4, -0.2) is 43.8 Å². The van der Waals surface area contributed by atoms with Gasteiger partial charge in [0.05, 0.1) is 40.8 Å². The Kier molecular flexibility index (Phi) is 8.01. The van der Waals surface area contributed by atoms with E-state index in [9.17, 15) is 18.4 Å². The first-order chi connectivity index (χ1) is 19.4. The van der Waals surface area contributed by atoms with Crippen molar-refractivity contribution in [2.45, 2.75) is 12.5 Å². The number of nitrogens with zero attached hydrogens (tertiary/aromatic N) is 3. The van der Waals surface area contributed by atoms with Crippen molar-refractivity contribution in [3.63, 3.8) is 0 Å². The van der Waals surface area contributed by atoms with E-state index < -0.39 is 29.2 Å². The summed E-state index contributed by atoms with van der Waals surface area (Å²) in [6.07, 6.45) is 3.09. The molecule has 11 heteroatoms. The first-order valence-electron chi connectivity index (χ1n) is 12.1. The molecule has 1 unspecified atom stereocenters. The summed E-state index contributed by atoms with van der Waals surface area (Å²) in [6.45, 7) is 0. The molecule has 2 atom stereocenters. The summed E-state index contributed by atoms with van der Waals surface area (Å²) in [5.74, 6) is -1.34. The largest absolute Gasteiger partial charge is 0.755 e. The van der Waals surface area contributed by atoms with E-state index in [0.29, 0.717) is 11.0 Å². The van der Waals surface area contributed by atoms with E-state index >= 15 is 0 Å². The van der Waals surface area contributed by atoms with Crippen LogP contribution in [0.1, 0.15) is 15.9 Å². The quantitative estimate of drug-likeness (QED) is 0.207. The molecule has 0 bridgehead atoms. The zero-order valence-electron chi connectivity index (χ0n) is 21.1. The monoisotopic (exact) mass is 573 g/mol. The molecule has 0 aliphatic rings. The molecule has 0 fully saturated rings. The Labute approximate surface area is 237 Å². The molecule has 0 radical (unpaired) electrons. The number of nitrogens with one attached hydrogen (secondary N) is 1. The molecule has 0 spiro atoms. The molecule has 202 valence electrons. The highest BCUT2D eigenvalue weighted by molar-refractivity contribution is 7.81. The zero-order chi connectivity index (χ0) is 28.2. The minimum Gasteiger partial charge on any atom is -0.755 e. The van der Waals surface area contributed by atoms with Crippen molar-refractivity contribution in [1.82, 2.24) is 15.3 Å². The van der Waals surface area contributed by atoms with Gasteiger partial charge >= 0.3 is 5.97 Å². The van der Waals surface area contributed by atoms with Crippen LogP contribution in [0.3, 0.4) is 0 Å². The smallest absolute Gasteiger partial charge is 0.328 e. The number of rotatable bonds is 8. The van der Waals surface area contributed by atoms with Gasteiger partial charge in [-0.05, 0) is 46.7 Å². The van der Waals surface area contributed by atoms with Crippen molar-refractivity contribution in [1.29, 1.82) is 0 Å². The van der Waals surface area contributed by atoms with Crippen LogP contribution < -0.4 is 9.62 Å². The number of benzene rings is 4. The molecule has 0 saturated carbocycles. The van der Waals surface area contributed by atoms with Crippen molar-refractivity contribution in [2.75, 3.05) is 11.4 Å². The zero-order valence-corrected chi connectivity index (χ0v) is 22.7. The lowest BCUT2D eigenvalue weighted by Crippen LogP contribution is -2.43. The lowest BCUT2D eigenvalue weighted by Gasteiger charge is -2.29. The topological polar surface area (TPSA) is 125 Å². The summed E-state index contributed by atoms with van der Waals surface area (Å²) in [4.78, 5) is 34.8. The molecule has 9 nitrogen and oxygen atoms in total. The number of anilines is 2. The van der Waals surface area contributed by atoms with Gasteiger partial charge in [-0.2, -0.15) is 0 Å². The van der Waals surface area contributed by atoms with Crippen LogP contribution in [-0.2, 0) is 27.2 Å². The van der Waals surface area contributed by atoms with Crippen molar-refractivity contribution in [2.24, 2.45) is 0 Å². The fraction of sp³-hybridized carbons (Fsp3) is 0.103. The Hall–Kier alpha value is -4.38. The summed E-state index contributed by atoms with van der Waals surface area (Å²) in [7, 11) is 1.24. The normalized spacial score (nSPS) is 12.6. The standard InChI is InChI=1S/C29H23ClN4O5S/c1-39-29(36)24(16-18-9-10-19-5-2-3-6-20(19)15-18)33-28(35)22-12-11-21(30)17-26(22)34(40(37)38)25-8-4-7-23-27(25)32-14-13-31-23/h2-15,17,24H,16H2,1H3,(H,33,35)(H,37,38)/p-1/t24-/m0/s1. The van der Waals surface area contributed by atoms with Gasteiger partial charge in [-0.1, -0.05) is 60.1 Å². The van der Waals surface area contributed by atoms with Gasteiger partial charge in [-0.3, -0.25) is 23.3 Å². The number of methoxy groups -OCH3 is 1. The Balaban J connectivity index is 1.51. The van der Waals surface area contributed by atoms with E-state index in [1.54, 1.807) is 18.2 Å². The lowest BCUT2D eigenvalue weighted by molar-refractivity contribution is -0.142. The Morgan fingerprint density at radius 1 is 0.975 bits per heavy atom. The number of amides is 1. The number of esters is 1. The van der Waals surface area contributed by atoms with Crippen LogP contribution in [0.25, 0.3) is 21.8 Å². The van der Waals surface area contributed by atoms with Crippen LogP contribution in [0.2, 0.25) is 5.02 Å². The molecule has 5 rings (SSSR count). The fourth-order valence-electron chi connectivity index (χ4n) is 4.47. The third-order valence-corrected chi connectivity index (χ3v) is 7.24. The third-order valence-electron chi connectivity index (χ3n) is 6.31. The van der Waals surface area contributed by atoms with Crippen molar-refractivity contribution in [3.05, 3.63) is 107 Å². The van der Waals surface area contributed by atoms with Crippen LogP contribution >= 0.6 is 11.6 Å². The van der Waals surface area contributed by atoms with Gasteiger partial charge in [-0.25, -0.2) is 4.79 Å². The molecular weight excluding hydrogens is 552 g/mol. The van der Waals surface area contributed by atoms with Gasteiger partial charge in [0, 0.05) is 23.8 Å². The van der Waals surface area contributed by atoms with E-state index in [-0.39, 0.29) is 28.4 Å². The molecule has 0 aliphatic carbocycles. The van der Waals surface area contributed by atoms with E-state index in [1.807, 2.05) is 42.5 Å². The average Bonchev–Trinajstić information content (AvgIpc) is 2.96. The molecule has 1 amide bonds. The second-order valence-corrected chi connectivity index (χ2v) is 10.0. The highest BCUT2D eigenvalue weighted by atomic mass is 35.5. The van der Waals surface area contributed by atoms with Crippen LogP contribution in [0.4, 0.5) is 11.4 Å². The summed E-state index contributed by atoms with van der Waals surface area (Å²) in [6, 6.07) is 21.6. The van der Waals surface area contributed by atoms with Gasteiger partial charge in [0.1, 0.15) is 11.6 Å². The van der Waals surface area contributed by atoms with Gasteiger partial charge in [0.2, 0.25) is 0 Å². The summed E-state index contributed by atoms with van der Waals surface area (Å²) in [5, 5.41) is 4.94. The number of hydrogen-bond acceptors (Lipinski definition) is 7. The molecule has 0 saturated heterocycles. The number of ether oxygens (including phenoxy) is 1. The van der Waals surface area contributed by atoms with E-state index in [1.165, 1.54) is 37.7 Å². The maximum absolute atomic E-state index is 13.6. The molecule has 1 heterocycles. The number of carbonyl (C=O) groups excluding carboxylic acids is 2. The Bertz CT molecular complexity index is 1760. The van der Waals surface area contributed by atoms with Crippen molar-refractivity contribution in [3.8, 4) is 0 Å². The van der Waals surface area contributed by atoms with E-state index in [2.05, 4.69) is 15.3 Å². The van der Waals surface area contributed by atoms with Gasteiger partial charge in [-0.15, -0.1) is 0 Å². The molecule has 40 heavy (non-hydrogen) atoms. The second kappa shape index (κ2) is 11.8.